The van der Waals surface area contributed by atoms with Crippen molar-refractivity contribution in [3.63, 3.8) is 0 Å². The summed E-state index contributed by atoms with van der Waals surface area (Å²) in [4.78, 5) is 4.09. The number of aromatic nitrogens is 1. The number of pyridine rings is 1. The highest BCUT2D eigenvalue weighted by Gasteiger charge is 2.00. The summed E-state index contributed by atoms with van der Waals surface area (Å²) >= 11 is 0. The number of nitrogens with two attached hydrogens (primary N) is 1. The Morgan fingerprint density at radius 2 is 2.00 bits per heavy atom. The maximum Gasteiger partial charge on any atom is 0.130 e. The Balaban J connectivity index is 2.18. The molecule has 0 aliphatic heterocycles. The zero-order chi connectivity index (χ0) is 12.1. The molecule has 17 heavy (non-hydrogen) atoms. The lowest BCUT2D eigenvalue weighted by molar-refractivity contribution is 0.281. The molecule has 0 radical (unpaired) electrons. The van der Waals surface area contributed by atoms with E-state index in [1.54, 1.807) is 24.4 Å². The summed E-state index contributed by atoms with van der Waals surface area (Å²) in [6, 6.07) is 10.9. The first kappa shape index (κ1) is 11.6. The second-order valence-corrected chi connectivity index (χ2v) is 3.59. The van der Waals surface area contributed by atoms with E-state index in [1.165, 1.54) is 0 Å². The number of hydrogen-bond donors (Lipinski definition) is 2. The van der Waals surface area contributed by atoms with Crippen molar-refractivity contribution in [2.75, 3.05) is 0 Å². The van der Waals surface area contributed by atoms with Crippen LogP contribution in [0.25, 0.3) is 0 Å². The average Bonchev–Trinajstić information content (AvgIpc) is 2.39. The molecule has 2 rings (SSSR count). The zero-order valence-electron chi connectivity index (χ0n) is 9.34. The molecular weight excluding hydrogens is 216 g/mol. The first-order valence-corrected chi connectivity index (χ1v) is 5.34. The fourth-order valence-electron chi connectivity index (χ4n) is 1.47. The SMILES string of the molecule is NCc1cc(Oc2cccc(CO)c2)ccn1. The van der Waals surface area contributed by atoms with Gasteiger partial charge in [-0.3, -0.25) is 4.98 Å². The fourth-order valence-corrected chi connectivity index (χ4v) is 1.47. The van der Waals surface area contributed by atoms with Crippen LogP contribution in [0.4, 0.5) is 0 Å². The zero-order valence-corrected chi connectivity index (χ0v) is 9.34. The number of nitrogens with zero attached hydrogens (tertiary/aromatic N) is 1. The van der Waals surface area contributed by atoms with Crippen LogP contribution in [-0.4, -0.2) is 10.1 Å². The standard InChI is InChI=1S/C13H14N2O2/c14-8-11-7-13(4-5-15-11)17-12-3-1-2-10(6-12)9-16/h1-7,16H,8-9,14H2. The maximum absolute atomic E-state index is 9.03. The van der Waals surface area contributed by atoms with E-state index in [-0.39, 0.29) is 6.61 Å². The van der Waals surface area contributed by atoms with Crippen LogP contribution in [0, 0.1) is 0 Å². The molecule has 1 heterocycles. The molecule has 2 aromatic rings. The average molecular weight is 230 g/mol. The third-order valence-electron chi connectivity index (χ3n) is 2.31. The van der Waals surface area contributed by atoms with E-state index in [1.807, 2.05) is 18.2 Å². The minimum absolute atomic E-state index is 0.00158. The van der Waals surface area contributed by atoms with Gasteiger partial charge in [0.05, 0.1) is 12.3 Å². The van der Waals surface area contributed by atoms with Crippen molar-refractivity contribution in [2.24, 2.45) is 5.73 Å². The third kappa shape index (κ3) is 3.03. The lowest BCUT2D eigenvalue weighted by atomic mass is 10.2. The Bertz CT molecular complexity index is 455. The smallest absolute Gasteiger partial charge is 0.130 e. The van der Waals surface area contributed by atoms with Gasteiger partial charge in [0.25, 0.3) is 0 Å². The van der Waals surface area contributed by atoms with Gasteiger partial charge in [-0.1, -0.05) is 12.1 Å². The van der Waals surface area contributed by atoms with Gasteiger partial charge < -0.3 is 15.6 Å². The topological polar surface area (TPSA) is 68.4 Å². The van der Waals surface area contributed by atoms with E-state index in [2.05, 4.69) is 4.98 Å². The Morgan fingerprint density at radius 3 is 2.76 bits per heavy atom. The van der Waals surface area contributed by atoms with Crippen LogP contribution in [0.3, 0.4) is 0 Å². The highest BCUT2D eigenvalue weighted by Crippen LogP contribution is 2.22. The molecule has 0 atom stereocenters. The molecule has 3 N–H and O–H groups in total. The van der Waals surface area contributed by atoms with Crippen molar-refractivity contribution in [1.29, 1.82) is 0 Å². The summed E-state index contributed by atoms with van der Waals surface area (Å²) in [7, 11) is 0. The molecule has 0 aliphatic carbocycles. The van der Waals surface area contributed by atoms with Gasteiger partial charge in [-0.15, -0.1) is 0 Å². The van der Waals surface area contributed by atoms with Crippen LogP contribution in [-0.2, 0) is 13.2 Å². The lowest BCUT2D eigenvalue weighted by Gasteiger charge is -2.07. The van der Waals surface area contributed by atoms with Crippen molar-refractivity contribution >= 4 is 0 Å². The number of aliphatic hydroxyl groups is 1. The summed E-state index contributed by atoms with van der Waals surface area (Å²) in [6.07, 6.45) is 1.66. The quantitative estimate of drug-likeness (QED) is 0.840. The minimum atomic E-state index is 0.00158. The summed E-state index contributed by atoms with van der Waals surface area (Å²) in [5.74, 6) is 1.38. The Morgan fingerprint density at radius 1 is 1.18 bits per heavy atom. The molecule has 0 fully saturated rings. The summed E-state index contributed by atoms with van der Waals surface area (Å²) in [5, 5.41) is 9.03. The van der Waals surface area contributed by atoms with Crippen molar-refractivity contribution in [3.05, 3.63) is 53.9 Å². The van der Waals surface area contributed by atoms with Crippen molar-refractivity contribution in [2.45, 2.75) is 13.2 Å². The molecule has 0 amide bonds. The van der Waals surface area contributed by atoms with Crippen molar-refractivity contribution in [1.82, 2.24) is 4.98 Å². The maximum atomic E-state index is 9.03. The fraction of sp³-hybridized carbons (Fsp3) is 0.154. The van der Waals surface area contributed by atoms with Crippen LogP contribution in [0.2, 0.25) is 0 Å². The largest absolute Gasteiger partial charge is 0.457 e. The predicted molar refractivity (Wildman–Crippen MR) is 64.6 cm³/mol. The first-order chi connectivity index (χ1) is 8.31. The molecule has 4 heteroatoms. The highest BCUT2D eigenvalue weighted by molar-refractivity contribution is 5.33. The number of ether oxygens (including phenoxy) is 1. The molecular formula is C13H14N2O2. The van der Waals surface area contributed by atoms with Gasteiger partial charge >= 0.3 is 0 Å². The van der Waals surface area contributed by atoms with Gasteiger partial charge in [-0.05, 0) is 23.8 Å². The van der Waals surface area contributed by atoms with Gasteiger partial charge in [0.15, 0.2) is 0 Å². The van der Waals surface area contributed by atoms with E-state index >= 15 is 0 Å². The van der Waals surface area contributed by atoms with Crippen molar-refractivity contribution < 1.29 is 9.84 Å². The number of aliphatic hydroxyl groups excluding tert-OH is 1. The van der Waals surface area contributed by atoms with Crippen LogP contribution >= 0.6 is 0 Å². The number of benzene rings is 1. The molecule has 0 saturated carbocycles. The Labute approximate surface area is 99.7 Å². The van der Waals surface area contributed by atoms with E-state index in [4.69, 9.17) is 15.6 Å². The van der Waals surface area contributed by atoms with Crippen LogP contribution in [0.15, 0.2) is 42.6 Å². The van der Waals surface area contributed by atoms with E-state index in [0.717, 1.165) is 11.3 Å². The lowest BCUT2D eigenvalue weighted by Crippen LogP contribution is -1.99. The molecule has 0 spiro atoms. The number of rotatable bonds is 4. The summed E-state index contributed by atoms with van der Waals surface area (Å²) < 4.78 is 5.66. The van der Waals surface area contributed by atoms with Gasteiger partial charge in [-0.25, -0.2) is 0 Å². The predicted octanol–water partition coefficient (Wildman–Crippen LogP) is 1.82. The third-order valence-corrected chi connectivity index (χ3v) is 2.31. The normalized spacial score (nSPS) is 10.2. The van der Waals surface area contributed by atoms with Gasteiger partial charge in [-0.2, -0.15) is 0 Å². The second-order valence-electron chi connectivity index (χ2n) is 3.59. The minimum Gasteiger partial charge on any atom is -0.457 e. The molecule has 0 saturated heterocycles. The van der Waals surface area contributed by atoms with E-state index < -0.39 is 0 Å². The van der Waals surface area contributed by atoms with Crippen LogP contribution in [0.5, 0.6) is 11.5 Å². The van der Waals surface area contributed by atoms with Gasteiger partial charge in [0.2, 0.25) is 0 Å². The summed E-state index contributed by atoms with van der Waals surface area (Å²) in [5.41, 5.74) is 7.10. The van der Waals surface area contributed by atoms with Gasteiger partial charge in [0.1, 0.15) is 11.5 Å². The van der Waals surface area contributed by atoms with E-state index in [0.29, 0.717) is 18.0 Å². The molecule has 4 nitrogen and oxygen atoms in total. The summed E-state index contributed by atoms with van der Waals surface area (Å²) in [6.45, 7) is 0.384. The van der Waals surface area contributed by atoms with Crippen LogP contribution in [0.1, 0.15) is 11.3 Å². The van der Waals surface area contributed by atoms with Gasteiger partial charge in [0, 0.05) is 18.8 Å². The molecule has 0 unspecified atom stereocenters. The molecule has 88 valence electrons. The second kappa shape index (κ2) is 5.43. The molecule has 1 aromatic heterocycles. The number of hydrogen-bond acceptors (Lipinski definition) is 4. The van der Waals surface area contributed by atoms with Crippen molar-refractivity contribution in [3.8, 4) is 11.5 Å². The van der Waals surface area contributed by atoms with E-state index in [9.17, 15) is 0 Å². The molecule has 0 aliphatic rings. The Kier molecular flexibility index (Phi) is 3.69. The first-order valence-electron chi connectivity index (χ1n) is 5.34. The monoisotopic (exact) mass is 230 g/mol. The van der Waals surface area contributed by atoms with Crippen LogP contribution < -0.4 is 10.5 Å². The Hall–Kier alpha value is -1.91. The molecule has 0 bridgehead atoms. The highest BCUT2D eigenvalue weighted by atomic mass is 16.5. The molecule has 1 aromatic carbocycles.